The molecule has 33 heavy (non-hydrogen) atoms. The molecule has 178 valence electrons. The average molecular weight is 471 g/mol. The van der Waals surface area contributed by atoms with Gasteiger partial charge in [-0.2, -0.15) is 0 Å². The first-order valence-electron chi connectivity index (χ1n) is 12.4. The van der Waals surface area contributed by atoms with E-state index in [4.69, 9.17) is 22.3 Å². The van der Waals surface area contributed by atoms with Gasteiger partial charge in [0.1, 0.15) is 5.82 Å². The van der Waals surface area contributed by atoms with Crippen molar-refractivity contribution in [2.24, 2.45) is 10.7 Å². The molecule has 2 aromatic carbocycles. The first-order valence-corrected chi connectivity index (χ1v) is 12.8. The first-order chi connectivity index (χ1) is 15.9. The number of hydrogen-bond donors (Lipinski definition) is 1. The summed E-state index contributed by atoms with van der Waals surface area (Å²) in [6.45, 7) is 4.38. The third-order valence-electron chi connectivity index (χ3n) is 6.73. The number of nitrogens with two attached hydrogens (primary N) is 1. The summed E-state index contributed by atoms with van der Waals surface area (Å²) in [6, 6.07) is 10.3. The van der Waals surface area contributed by atoms with Crippen LogP contribution in [0.5, 0.6) is 0 Å². The zero-order chi connectivity index (χ0) is 23.8. The molecule has 1 unspecified atom stereocenters. The monoisotopic (exact) mass is 470 g/mol. The fourth-order valence-corrected chi connectivity index (χ4v) is 5.41. The lowest BCUT2D eigenvalue weighted by atomic mass is 9.67. The van der Waals surface area contributed by atoms with Crippen molar-refractivity contribution in [3.8, 4) is 0 Å². The van der Waals surface area contributed by atoms with E-state index < -0.39 is 5.41 Å². The number of unbranched alkanes of at least 4 members (excludes halogenated alkanes) is 6. The van der Waals surface area contributed by atoms with Crippen molar-refractivity contribution in [1.82, 2.24) is 0 Å². The molecule has 1 aliphatic heterocycles. The highest BCUT2D eigenvalue weighted by Crippen LogP contribution is 2.51. The Balaban J connectivity index is 2.13. The molecule has 1 aliphatic rings. The van der Waals surface area contributed by atoms with Crippen molar-refractivity contribution in [2.45, 2.75) is 89.9 Å². The zero-order valence-electron chi connectivity index (χ0n) is 19.9. The predicted octanol–water partition coefficient (Wildman–Crippen LogP) is 7.82. The topological polar surface area (TPSA) is 55.5 Å². The predicted molar refractivity (Wildman–Crippen MR) is 136 cm³/mol. The Labute approximate surface area is 202 Å². The first kappa shape index (κ1) is 25.4. The highest BCUT2D eigenvalue weighted by Gasteiger charge is 2.46. The maximum Gasteiger partial charge on any atom is 0.218 e. The molecule has 5 heteroatoms. The molecule has 0 spiro atoms. The third kappa shape index (κ3) is 5.84. The Morgan fingerprint density at radius 3 is 2.27 bits per heavy atom. The van der Waals surface area contributed by atoms with Crippen molar-refractivity contribution in [3.63, 3.8) is 0 Å². The molecule has 1 amide bonds. The second-order valence-electron chi connectivity index (χ2n) is 9.23. The molecule has 0 radical (unpaired) electrons. The van der Waals surface area contributed by atoms with Crippen LogP contribution in [0.3, 0.4) is 0 Å². The SMILES string of the molecule is CCCCCCc1c(Cl)ccc2c1C(CCCCCC)(CC(N)=O)C(c1ccc(F)cc1)=N2. The van der Waals surface area contributed by atoms with E-state index in [0.717, 1.165) is 84.5 Å². The van der Waals surface area contributed by atoms with E-state index in [9.17, 15) is 9.18 Å². The van der Waals surface area contributed by atoms with Crippen LogP contribution < -0.4 is 5.73 Å². The molecule has 1 atom stereocenters. The Kier molecular flexibility index (Phi) is 9.08. The van der Waals surface area contributed by atoms with Crippen molar-refractivity contribution in [1.29, 1.82) is 0 Å². The summed E-state index contributed by atoms with van der Waals surface area (Å²) in [4.78, 5) is 17.5. The van der Waals surface area contributed by atoms with Crippen LogP contribution in [0.25, 0.3) is 0 Å². The van der Waals surface area contributed by atoms with E-state index in [1.54, 1.807) is 12.1 Å². The summed E-state index contributed by atoms with van der Waals surface area (Å²) in [7, 11) is 0. The maximum absolute atomic E-state index is 13.7. The second-order valence-corrected chi connectivity index (χ2v) is 9.64. The summed E-state index contributed by atoms with van der Waals surface area (Å²) in [5, 5.41) is 0.725. The molecule has 2 N–H and O–H groups in total. The Hall–Kier alpha value is -2.20. The van der Waals surface area contributed by atoms with Crippen LogP contribution in [-0.4, -0.2) is 11.6 Å². The number of aliphatic imine (C=N–C) groups is 1. The van der Waals surface area contributed by atoms with E-state index >= 15 is 0 Å². The quantitative estimate of drug-likeness (QED) is 0.298. The summed E-state index contributed by atoms with van der Waals surface area (Å²) in [5.41, 5.74) is 9.85. The zero-order valence-corrected chi connectivity index (χ0v) is 20.7. The number of carbonyl (C=O) groups is 1. The van der Waals surface area contributed by atoms with Gasteiger partial charge >= 0.3 is 0 Å². The molecular formula is C28H36ClFN2O. The molecule has 1 heterocycles. The minimum atomic E-state index is -0.641. The van der Waals surface area contributed by atoms with Crippen molar-refractivity contribution < 1.29 is 9.18 Å². The fraction of sp³-hybridized carbons (Fsp3) is 0.500. The smallest absolute Gasteiger partial charge is 0.218 e. The molecule has 2 aromatic rings. The van der Waals surface area contributed by atoms with E-state index in [0.29, 0.717) is 0 Å². The molecule has 0 fully saturated rings. The largest absolute Gasteiger partial charge is 0.370 e. The molecule has 0 bridgehead atoms. The fourth-order valence-electron chi connectivity index (χ4n) is 5.16. The summed E-state index contributed by atoms with van der Waals surface area (Å²) >= 11 is 6.77. The highest BCUT2D eigenvalue weighted by molar-refractivity contribution is 6.32. The minimum absolute atomic E-state index is 0.171. The number of amides is 1. The van der Waals surface area contributed by atoms with Crippen molar-refractivity contribution in [2.75, 3.05) is 0 Å². The van der Waals surface area contributed by atoms with E-state index in [1.165, 1.54) is 25.0 Å². The second kappa shape index (κ2) is 11.8. The highest BCUT2D eigenvalue weighted by atomic mass is 35.5. The van der Waals surface area contributed by atoms with Crippen molar-refractivity contribution >= 4 is 28.9 Å². The van der Waals surface area contributed by atoms with Gasteiger partial charge < -0.3 is 5.73 Å². The summed E-state index contributed by atoms with van der Waals surface area (Å²) < 4.78 is 13.7. The number of halogens is 2. The van der Waals surface area contributed by atoms with Gasteiger partial charge in [0.15, 0.2) is 0 Å². The lowest BCUT2D eigenvalue weighted by Crippen LogP contribution is -2.39. The molecule has 0 aliphatic carbocycles. The Bertz CT molecular complexity index is 986. The van der Waals surface area contributed by atoms with E-state index in [1.807, 2.05) is 12.1 Å². The summed E-state index contributed by atoms with van der Waals surface area (Å²) in [6.07, 6.45) is 10.6. The van der Waals surface area contributed by atoms with Crippen LogP contribution in [0, 0.1) is 5.82 Å². The lowest BCUT2D eigenvalue weighted by molar-refractivity contribution is -0.118. The van der Waals surface area contributed by atoms with Crippen LogP contribution in [0.2, 0.25) is 5.02 Å². The Morgan fingerprint density at radius 1 is 0.970 bits per heavy atom. The molecule has 3 rings (SSSR count). The van der Waals surface area contributed by atoms with E-state index in [2.05, 4.69) is 13.8 Å². The number of hydrogen-bond acceptors (Lipinski definition) is 2. The van der Waals surface area contributed by atoms with E-state index in [-0.39, 0.29) is 18.1 Å². The van der Waals surface area contributed by atoms with Gasteiger partial charge in [-0.25, -0.2) is 4.39 Å². The van der Waals surface area contributed by atoms with Crippen LogP contribution >= 0.6 is 11.6 Å². The lowest BCUT2D eigenvalue weighted by Gasteiger charge is -2.33. The number of primary amides is 1. The van der Waals surface area contributed by atoms with Crippen LogP contribution in [0.15, 0.2) is 41.4 Å². The van der Waals surface area contributed by atoms with Crippen molar-refractivity contribution in [3.05, 3.63) is 63.9 Å². The van der Waals surface area contributed by atoms with Crippen LogP contribution in [0.1, 0.15) is 94.7 Å². The van der Waals surface area contributed by atoms with Gasteiger partial charge in [-0.05, 0) is 60.2 Å². The summed E-state index contributed by atoms with van der Waals surface area (Å²) in [5.74, 6) is -0.650. The van der Waals surface area contributed by atoms with Gasteiger partial charge in [0.05, 0.1) is 11.4 Å². The standard InChI is InChI=1S/C28H36ClFN2O/c1-3-5-7-9-11-22-23(29)16-17-24-26(22)28(19-25(31)33,18-10-8-6-4-2)27(32-24)20-12-14-21(30)15-13-20/h12-17H,3-11,18-19H2,1-2H3,(H2,31,33). The van der Waals surface area contributed by atoms with Gasteiger partial charge in [-0.3, -0.25) is 9.79 Å². The van der Waals surface area contributed by atoms with Crippen LogP contribution in [-0.2, 0) is 16.6 Å². The number of fused-ring (bicyclic) bond motifs is 1. The average Bonchev–Trinajstić information content (AvgIpc) is 3.10. The van der Waals surface area contributed by atoms with Gasteiger partial charge in [0, 0.05) is 16.9 Å². The van der Waals surface area contributed by atoms with Crippen LogP contribution in [0.4, 0.5) is 10.1 Å². The number of benzene rings is 2. The molecular weight excluding hydrogens is 435 g/mol. The molecule has 0 aromatic heterocycles. The molecule has 3 nitrogen and oxygen atoms in total. The van der Waals surface area contributed by atoms with Gasteiger partial charge in [-0.15, -0.1) is 0 Å². The normalized spacial score (nSPS) is 17.2. The Morgan fingerprint density at radius 2 is 1.64 bits per heavy atom. The molecule has 0 saturated heterocycles. The van der Waals surface area contributed by atoms with Gasteiger partial charge in [0.2, 0.25) is 5.91 Å². The third-order valence-corrected chi connectivity index (χ3v) is 7.08. The van der Waals surface area contributed by atoms with Gasteiger partial charge in [-0.1, -0.05) is 82.5 Å². The number of carbonyl (C=O) groups excluding carboxylic acids is 1. The van der Waals surface area contributed by atoms with Gasteiger partial charge in [0.25, 0.3) is 0 Å². The minimum Gasteiger partial charge on any atom is -0.370 e. The maximum atomic E-state index is 13.7. The molecule has 0 saturated carbocycles. The number of nitrogens with zero attached hydrogens (tertiary/aromatic N) is 1. The number of rotatable bonds is 13.